The number of hydrogen-bond donors (Lipinski definition) is 2. The molecule has 1 aliphatic rings. The molecular formula is C19H24N4O2. The summed E-state index contributed by atoms with van der Waals surface area (Å²) in [6.07, 6.45) is 6.05. The number of rotatable bonds is 6. The van der Waals surface area contributed by atoms with Gasteiger partial charge in [0.25, 0.3) is 0 Å². The van der Waals surface area contributed by atoms with E-state index < -0.39 is 5.97 Å². The quantitative estimate of drug-likeness (QED) is 0.842. The lowest BCUT2D eigenvalue weighted by molar-refractivity contribution is 0.0697. The van der Waals surface area contributed by atoms with Crippen LogP contribution in [-0.2, 0) is 6.54 Å². The van der Waals surface area contributed by atoms with Crippen molar-refractivity contribution in [2.75, 3.05) is 25.0 Å². The molecule has 0 aliphatic carbocycles. The standard InChI is InChI=1S/C19H24N4O2/c1-2-20-19-21-10-14(11-22-19)12-23-9-3-4-17(13-23)15-5-7-16(8-6-15)18(24)25/h5-8,10-11,17H,2-4,9,12-13H2,1H3,(H,24,25)(H,20,21,22)/t17-/m1/s1. The summed E-state index contributed by atoms with van der Waals surface area (Å²) in [6.45, 7) is 5.72. The normalized spacial score (nSPS) is 18.0. The second-order valence-corrected chi connectivity index (χ2v) is 6.45. The van der Waals surface area contributed by atoms with Gasteiger partial charge in [0.15, 0.2) is 0 Å². The number of carboxylic acid groups (broad SMARTS) is 1. The molecule has 3 rings (SSSR count). The van der Waals surface area contributed by atoms with Gasteiger partial charge in [-0.15, -0.1) is 0 Å². The number of carbonyl (C=O) groups is 1. The molecule has 0 amide bonds. The molecule has 1 saturated heterocycles. The molecule has 0 bridgehead atoms. The van der Waals surface area contributed by atoms with Crippen LogP contribution in [0.5, 0.6) is 0 Å². The Balaban J connectivity index is 1.61. The van der Waals surface area contributed by atoms with Crippen molar-refractivity contribution in [1.29, 1.82) is 0 Å². The first-order chi connectivity index (χ1) is 12.2. The number of nitrogens with one attached hydrogen (secondary N) is 1. The SMILES string of the molecule is CCNc1ncc(CN2CCC[C@@H](c3ccc(C(=O)O)cc3)C2)cn1. The predicted molar refractivity (Wildman–Crippen MR) is 96.8 cm³/mol. The fourth-order valence-corrected chi connectivity index (χ4v) is 3.31. The molecule has 1 atom stereocenters. The molecule has 0 radical (unpaired) electrons. The van der Waals surface area contributed by atoms with Gasteiger partial charge in [-0.25, -0.2) is 14.8 Å². The van der Waals surface area contributed by atoms with Crippen molar-refractivity contribution in [2.45, 2.75) is 32.2 Å². The predicted octanol–water partition coefficient (Wildman–Crippen LogP) is 2.99. The zero-order chi connectivity index (χ0) is 17.6. The maximum atomic E-state index is 11.0. The van der Waals surface area contributed by atoms with Crippen LogP contribution < -0.4 is 5.32 Å². The molecule has 0 unspecified atom stereocenters. The van der Waals surface area contributed by atoms with Crippen molar-refractivity contribution >= 4 is 11.9 Å². The Morgan fingerprint density at radius 3 is 2.64 bits per heavy atom. The summed E-state index contributed by atoms with van der Waals surface area (Å²) in [5.74, 6) is 0.234. The van der Waals surface area contributed by atoms with Crippen LogP contribution in [-0.4, -0.2) is 45.6 Å². The van der Waals surface area contributed by atoms with Crippen molar-refractivity contribution in [3.63, 3.8) is 0 Å². The highest BCUT2D eigenvalue weighted by atomic mass is 16.4. The molecule has 6 heteroatoms. The van der Waals surface area contributed by atoms with E-state index in [0.717, 1.165) is 44.6 Å². The number of anilines is 1. The second kappa shape index (κ2) is 8.07. The van der Waals surface area contributed by atoms with E-state index in [-0.39, 0.29) is 0 Å². The number of piperidine rings is 1. The first-order valence-electron chi connectivity index (χ1n) is 8.76. The molecule has 0 spiro atoms. The van der Waals surface area contributed by atoms with Gasteiger partial charge in [-0.3, -0.25) is 4.90 Å². The molecule has 132 valence electrons. The van der Waals surface area contributed by atoms with Crippen molar-refractivity contribution in [1.82, 2.24) is 14.9 Å². The van der Waals surface area contributed by atoms with Gasteiger partial charge in [0.1, 0.15) is 0 Å². The summed E-state index contributed by atoms with van der Waals surface area (Å²) in [4.78, 5) is 22.1. The lowest BCUT2D eigenvalue weighted by Gasteiger charge is -2.33. The minimum absolute atomic E-state index is 0.342. The molecule has 2 N–H and O–H groups in total. The van der Waals surface area contributed by atoms with Crippen molar-refractivity contribution < 1.29 is 9.90 Å². The number of carboxylic acids is 1. The zero-order valence-electron chi connectivity index (χ0n) is 14.5. The average Bonchev–Trinajstić information content (AvgIpc) is 2.64. The lowest BCUT2D eigenvalue weighted by atomic mass is 9.90. The third-order valence-electron chi connectivity index (χ3n) is 4.58. The van der Waals surface area contributed by atoms with Crippen molar-refractivity contribution in [3.8, 4) is 0 Å². The van der Waals surface area contributed by atoms with Crippen LogP contribution in [0.1, 0.15) is 47.2 Å². The molecule has 2 aromatic rings. The van der Waals surface area contributed by atoms with E-state index in [1.165, 1.54) is 5.56 Å². The summed E-state index contributed by atoms with van der Waals surface area (Å²) < 4.78 is 0. The van der Waals surface area contributed by atoms with Crippen LogP contribution in [0.4, 0.5) is 5.95 Å². The fraction of sp³-hybridized carbons (Fsp3) is 0.421. The summed E-state index contributed by atoms with van der Waals surface area (Å²) in [7, 11) is 0. The van der Waals surface area contributed by atoms with Crippen molar-refractivity contribution in [3.05, 3.63) is 53.3 Å². The van der Waals surface area contributed by atoms with Gasteiger partial charge in [0.2, 0.25) is 5.95 Å². The van der Waals surface area contributed by atoms with Gasteiger partial charge < -0.3 is 10.4 Å². The van der Waals surface area contributed by atoms with E-state index in [1.807, 2.05) is 31.5 Å². The highest BCUT2D eigenvalue weighted by molar-refractivity contribution is 5.87. The van der Waals surface area contributed by atoms with Crippen LogP contribution >= 0.6 is 0 Å². The molecule has 1 fully saturated rings. The molecule has 1 aromatic carbocycles. The first-order valence-corrected chi connectivity index (χ1v) is 8.76. The Morgan fingerprint density at radius 1 is 1.28 bits per heavy atom. The van der Waals surface area contributed by atoms with E-state index >= 15 is 0 Å². The molecular weight excluding hydrogens is 316 g/mol. The number of likely N-dealkylation sites (tertiary alicyclic amines) is 1. The third-order valence-corrected chi connectivity index (χ3v) is 4.58. The lowest BCUT2D eigenvalue weighted by Crippen LogP contribution is -2.34. The Kier molecular flexibility index (Phi) is 5.60. The molecule has 25 heavy (non-hydrogen) atoms. The highest BCUT2D eigenvalue weighted by Gasteiger charge is 2.21. The van der Waals surface area contributed by atoms with Gasteiger partial charge in [0, 0.05) is 37.6 Å². The van der Waals surface area contributed by atoms with E-state index in [0.29, 0.717) is 17.4 Å². The Bertz CT molecular complexity index is 700. The van der Waals surface area contributed by atoms with Gasteiger partial charge >= 0.3 is 5.97 Å². The van der Waals surface area contributed by atoms with E-state index in [9.17, 15) is 4.79 Å². The van der Waals surface area contributed by atoms with Crippen LogP contribution in [0.3, 0.4) is 0 Å². The molecule has 6 nitrogen and oxygen atoms in total. The highest BCUT2D eigenvalue weighted by Crippen LogP contribution is 2.28. The van der Waals surface area contributed by atoms with E-state index in [2.05, 4.69) is 20.2 Å². The Hall–Kier alpha value is -2.47. The Morgan fingerprint density at radius 2 is 2.00 bits per heavy atom. The van der Waals surface area contributed by atoms with Crippen LogP contribution in [0.25, 0.3) is 0 Å². The van der Waals surface area contributed by atoms with Crippen LogP contribution in [0.2, 0.25) is 0 Å². The number of nitrogens with zero attached hydrogens (tertiary/aromatic N) is 3. The molecule has 2 heterocycles. The van der Waals surface area contributed by atoms with Gasteiger partial charge in [-0.05, 0) is 49.9 Å². The number of hydrogen-bond acceptors (Lipinski definition) is 5. The number of benzene rings is 1. The number of aromatic carboxylic acids is 1. The average molecular weight is 340 g/mol. The summed E-state index contributed by atoms with van der Waals surface area (Å²) >= 11 is 0. The van der Waals surface area contributed by atoms with Gasteiger partial charge in [-0.1, -0.05) is 12.1 Å². The first kappa shape index (κ1) is 17.4. The van der Waals surface area contributed by atoms with E-state index in [1.54, 1.807) is 12.1 Å². The van der Waals surface area contributed by atoms with Crippen molar-refractivity contribution in [2.24, 2.45) is 0 Å². The zero-order valence-corrected chi connectivity index (χ0v) is 14.5. The summed E-state index contributed by atoms with van der Waals surface area (Å²) in [6, 6.07) is 7.30. The summed E-state index contributed by atoms with van der Waals surface area (Å²) in [5, 5.41) is 12.1. The fourth-order valence-electron chi connectivity index (χ4n) is 3.31. The van der Waals surface area contributed by atoms with Crippen LogP contribution in [0, 0.1) is 0 Å². The van der Waals surface area contributed by atoms with Crippen LogP contribution in [0.15, 0.2) is 36.7 Å². The van der Waals surface area contributed by atoms with Gasteiger partial charge in [-0.2, -0.15) is 0 Å². The molecule has 0 saturated carbocycles. The topological polar surface area (TPSA) is 78.4 Å². The Labute approximate surface area is 147 Å². The largest absolute Gasteiger partial charge is 0.478 e. The summed E-state index contributed by atoms with van der Waals surface area (Å²) in [5.41, 5.74) is 2.67. The molecule has 1 aromatic heterocycles. The monoisotopic (exact) mass is 340 g/mol. The minimum Gasteiger partial charge on any atom is -0.478 e. The maximum absolute atomic E-state index is 11.0. The second-order valence-electron chi connectivity index (χ2n) is 6.45. The number of aromatic nitrogens is 2. The van der Waals surface area contributed by atoms with E-state index in [4.69, 9.17) is 5.11 Å². The third kappa shape index (κ3) is 4.54. The maximum Gasteiger partial charge on any atom is 0.335 e. The van der Waals surface area contributed by atoms with Gasteiger partial charge in [0.05, 0.1) is 5.56 Å². The minimum atomic E-state index is -0.877. The smallest absolute Gasteiger partial charge is 0.335 e. The molecule has 1 aliphatic heterocycles.